The quantitative estimate of drug-likeness (QED) is 0.743. The van der Waals surface area contributed by atoms with E-state index in [2.05, 4.69) is 0 Å². The van der Waals surface area contributed by atoms with E-state index in [9.17, 15) is 18.0 Å². The predicted molar refractivity (Wildman–Crippen MR) is 87.7 cm³/mol. The fourth-order valence-corrected chi connectivity index (χ4v) is 2.59. The van der Waals surface area contributed by atoms with Crippen molar-refractivity contribution >= 4 is 17.5 Å². The highest BCUT2D eigenvalue weighted by molar-refractivity contribution is 6.30. The van der Waals surface area contributed by atoms with Crippen LogP contribution in [0, 0.1) is 0 Å². The van der Waals surface area contributed by atoms with E-state index >= 15 is 0 Å². The number of nitrogens with zero attached hydrogens (tertiary/aromatic N) is 1. The third kappa shape index (κ3) is 4.99. The molecule has 2 aromatic rings. The Kier molecular flexibility index (Phi) is 5.89. The molecule has 0 aliphatic heterocycles. The molecule has 0 fully saturated rings. The van der Waals surface area contributed by atoms with Gasteiger partial charge in [-0.3, -0.25) is 4.79 Å². The second-order valence-electron chi connectivity index (χ2n) is 5.41. The molecule has 2 nitrogen and oxygen atoms in total. The van der Waals surface area contributed by atoms with Gasteiger partial charge in [0.15, 0.2) is 0 Å². The Morgan fingerprint density at radius 3 is 2.38 bits per heavy atom. The lowest BCUT2D eigenvalue weighted by Gasteiger charge is -2.21. The highest BCUT2D eigenvalue weighted by Crippen LogP contribution is 2.29. The van der Waals surface area contributed by atoms with Gasteiger partial charge < -0.3 is 4.90 Å². The van der Waals surface area contributed by atoms with Gasteiger partial charge in [0, 0.05) is 18.1 Å². The lowest BCUT2D eigenvalue weighted by atomic mass is 10.1. The van der Waals surface area contributed by atoms with Gasteiger partial charge in [0.1, 0.15) is 0 Å². The fraction of sp³-hybridized carbons (Fsp3) is 0.278. The molecular formula is C18H17ClF3NO. The maximum Gasteiger partial charge on any atom is 0.416 e. The van der Waals surface area contributed by atoms with E-state index in [0.29, 0.717) is 23.7 Å². The molecular weight excluding hydrogens is 339 g/mol. The van der Waals surface area contributed by atoms with Crippen molar-refractivity contribution in [2.45, 2.75) is 26.1 Å². The van der Waals surface area contributed by atoms with Crippen molar-refractivity contribution in [1.29, 1.82) is 0 Å². The first-order valence-corrected chi connectivity index (χ1v) is 7.85. The van der Waals surface area contributed by atoms with Gasteiger partial charge in [-0.25, -0.2) is 0 Å². The summed E-state index contributed by atoms with van der Waals surface area (Å²) in [7, 11) is 0. The molecule has 0 N–H and O–H groups in total. The number of carbonyl (C=O) groups excluding carboxylic acids is 1. The summed E-state index contributed by atoms with van der Waals surface area (Å²) in [5.41, 5.74) is 0.479. The van der Waals surface area contributed by atoms with Crippen LogP contribution in [0.1, 0.15) is 23.6 Å². The topological polar surface area (TPSA) is 20.3 Å². The highest BCUT2D eigenvalue weighted by atomic mass is 35.5. The first kappa shape index (κ1) is 18.3. The Labute approximate surface area is 143 Å². The number of likely N-dealkylation sites (N-methyl/N-ethyl adjacent to an activating group) is 1. The highest BCUT2D eigenvalue weighted by Gasteiger charge is 2.30. The molecule has 6 heteroatoms. The zero-order chi connectivity index (χ0) is 17.7. The zero-order valence-corrected chi connectivity index (χ0v) is 13.9. The van der Waals surface area contributed by atoms with Gasteiger partial charge in [0.2, 0.25) is 5.91 Å². The molecule has 0 radical (unpaired) electrons. The summed E-state index contributed by atoms with van der Waals surface area (Å²) in [6.07, 6.45) is -4.48. The van der Waals surface area contributed by atoms with E-state index in [-0.39, 0.29) is 12.3 Å². The van der Waals surface area contributed by atoms with E-state index in [1.807, 2.05) is 13.0 Å². The number of rotatable bonds is 5. The predicted octanol–water partition coefficient (Wildman–Crippen LogP) is 4.95. The molecule has 0 bridgehead atoms. The van der Waals surface area contributed by atoms with Crippen LogP contribution in [0.15, 0.2) is 48.5 Å². The van der Waals surface area contributed by atoms with Crippen LogP contribution in [0.2, 0.25) is 5.02 Å². The van der Waals surface area contributed by atoms with Crippen LogP contribution in [-0.4, -0.2) is 17.4 Å². The molecule has 0 aromatic heterocycles. The van der Waals surface area contributed by atoms with Gasteiger partial charge in [0.25, 0.3) is 0 Å². The largest absolute Gasteiger partial charge is 0.416 e. The molecule has 0 saturated carbocycles. The smallest absolute Gasteiger partial charge is 0.338 e. The third-order valence-corrected chi connectivity index (χ3v) is 3.84. The van der Waals surface area contributed by atoms with Crippen LogP contribution in [0.5, 0.6) is 0 Å². The summed E-state index contributed by atoms with van der Waals surface area (Å²) in [6, 6.07) is 12.0. The fourth-order valence-electron chi connectivity index (χ4n) is 2.38. The number of amides is 1. The van der Waals surface area contributed by atoms with Crippen molar-refractivity contribution in [3.05, 3.63) is 70.2 Å². The minimum Gasteiger partial charge on any atom is -0.338 e. The van der Waals surface area contributed by atoms with E-state index in [1.54, 1.807) is 23.1 Å². The van der Waals surface area contributed by atoms with Gasteiger partial charge in [-0.15, -0.1) is 0 Å². The molecule has 2 rings (SSSR count). The van der Waals surface area contributed by atoms with E-state index in [0.717, 1.165) is 17.7 Å². The van der Waals surface area contributed by atoms with Crippen molar-refractivity contribution < 1.29 is 18.0 Å². The normalized spacial score (nSPS) is 11.4. The maximum absolute atomic E-state index is 12.7. The lowest BCUT2D eigenvalue weighted by molar-refractivity contribution is -0.138. The Balaban J connectivity index is 2.09. The first-order valence-electron chi connectivity index (χ1n) is 7.48. The minimum atomic E-state index is -4.41. The third-order valence-electron chi connectivity index (χ3n) is 3.61. The summed E-state index contributed by atoms with van der Waals surface area (Å²) < 4.78 is 38.2. The maximum atomic E-state index is 12.7. The van der Waals surface area contributed by atoms with E-state index in [1.165, 1.54) is 12.1 Å². The summed E-state index contributed by atoms with van der Waals surface area (Å²) >= 11 is 5.93. The number of alkyl halides is 3. The van der Waals surface area contributed by atoms with Crippen molar-refractivity contribution in [2.24, 2.45) is 0 Å². The van der Waals surface area contributed by atoms with Crippen LogP contribution < -0.4 is 0 Å². The monoisotopic (exact) mass is 355 g/mol. The summed E-state index contributed by atoms with van der Waals surface area (Å²) in [6.45, 7) is 2.66. The van der Waals surface area contributed by atoms with E-state index in [4.69, 9.17) is 11.6 Å². The molecule has 0 unspecified atom stereocenters. The zero-order valence-electron chi connectivity index (χ0n) is 13.1. The Morgan fingerprint density at radius 1 is 1.08 bits per heavy atom. The molecule has 0 aliphatic rings. The lowest BCUT2D eigenvalue weighted by Crippen LogP contribution is -2.31. The molecule has 24 heavy (non-hydrogen) atoms. The second kappa shape index (κ2) is 7.71. The van der Waals surface area contributed by atoms with Gasteiger partial charge in [-0.2, -0.15) is 13.2 Å². The van der Waals surface area contributed by atoms with Crippen molar-refractivity contribution in [1.82, 2.24) is 4.90 Å². The first-order chi connectivity index (χ1) is 11.3. The Bertz CT molecular complexity index is 715. The molecule has 128 valence electrons. The van der Waals surface area contributed by atoms with Crippen LogP contribution >= 0.6 is 11.6 Å². The van der Waals surface area contributed by atoms with Crippen molar-refractivity contribution in [3.63, 3.8) is 0 Å². The van der Waals surface area contributed by atoms with E-state index < -0.39 is 11.7 Å². The SMILES string of the molecule is CCN(Cc1cccc(Cl)c1)C(=O)Cc1cccc(C(F)(F)F)c1. The second-order valence-corrected chi connectivity index (χ2v) is 5.85. The molecule has 1 amide bonds. The van der Waals surface area contributed by atoms with Crippen molar-refractivity contribution in [2.75, 3.05) is 6.54 Å². The van der Waals surface area contributed by atoms with Crippen LogP contribution in [0.4, 0.5) is 13.2 Å². The molecule has 0 saturated heterocycles. The van der Waals surface area contributed by atoms with Gasteiger partial charge in [-0.1, -0.05) is 41.9 Å². The van der Waals surface area contributed by atoms with Crippen LogP contribution in [0.25, 0.3) is 0 Å². The average molecular weight is 356 g/mol. The standard InChI is InChI=1S/C18H17ClF3NO/c1-2-23(12-14-6-4-8-16(19)10-14)17(24)11-13-5-3-7-15(9-13)18(20,21)22/h3-10H,2,11-12H2,1H3. The van der Waals surface area contributed by atoms with Crippen LogP contribution in [-0.2, 0) is 23.9 Å². The molecule has 0 aliphatic carbocycles. The number of hydrogen-bond acceptors (Lipinski definition) is 1. The minimum absolute atomic E-state index is 0.0711. The van der Waals surface area contributed by atoms with Gasteiger partial charge in [-0.05, 0) is 36.2 Å². The Hall–Kier alpha value is -2.01. The summed E-state index contributed by atoms with van der Waals surface area (Å²) in [5, 5.41) is 0.578. The van der Waals surface area contributed by atoms with Crippen LogP contribution in [0.3, 0.4) is 0 Å². The molecule has 0 spiro atoms. The molecule has 2 aromatic carbocycles. The summed E-state index contributed by atoms with van der Waals surface area (Å²) in [5.74, 6) is -0.225. The van der Waals surface area contributed by atoms with Gasteiger partial charge in [0.05, 0.1) is 12.0 Å². The number of carbonyl (C=O) groups is 1. The number of hydrogen-bond donors (Lipinski definition) is 0. The summed E-state index contributed by atoms with van der Waals surface area (Å²) in [4.78, 5) is 14.0. The number of halogens is 4. The Morgan fingerprint density at radius 2 is 1.75 bits per heavy atom. The van der Waals surface area contributed by atoms with Crippen molar-refractivity contribution in [3.8, 4) is 0 Å². The number of benzene rings is 2. The van der Waals surface area contributed by atoms with Gasteiger partial charge >= 0.3 is 6.18 Å². The molecule has 0 heterocycles. The average Bonchev–Trinajstić information content (AvgIpc) is 2.52. The molecule has 0 atom stereocenters.